The fraction of sp³-hybridized carbons (Fsp3) is 0.667. The molecule has 0 aliphatic carbocycles. The molecule has 0 aromatic heterocycles. The summed E-state index contributed by atoms with van der Waals surface area (Å²) in [5, 5.41) is 4.65. The molecule has 114 valence electrons. The second-order valence-electron chi connectivity index (χ2n) is 5.67. The lowest BCUT2D eigenvalue weighted by Gasteiger charge is -2.28. The van der Waals surface area contributed by atoms with Gasteiger partial charge in [0.05, 0.1) is 0 Å². The third-order valence-electron chi connectivity index (χ3n) is 4.08. The fourth-order valence-corrected chi connectivity index (χ4v) is 3.01. The summed E-state index contributed by atoms with van der Waals surface area (Å²) in [6, 6.07) is 8.81. The van der Waals surface area contributed by atoms with Crippen LogP contribution in [0.25, 0.3) is 0 Å². The van der Waals surface area contributed by atoms with E-state index in [2.05, 4.69) is 38.2 Å². The molecule has 0 heterocycles. The van der Waals surface area contributed by atoms with E-state index >= 15 is 0 Å². The normalized spacial score (nSPS) is 14.2. The van der Waals surface area contributed by atoms with Crippen LogP contribution in [0.4, 0.5) is 0 Å². The van der Waals surface area contributed by atoms with Crippen LogP contribution in [0.15, 0.2) is 24.3 Å². The van der Waals surface area contributed by atoms with Crippen molar-refractivity contribution in [2.24, 2.45) is 5.92 Å². The largest absolute Gasteiger partial charge is 0.313 e. The maximum atomic E-state index is 6.33. The van der Waals surface area contributed by atoms with Gasteiger partial charge in [0.2, 0.25) is 0 Å². The molecule has 0 aliphatic heterocycles. The van der Waals surface area contributed by atoms with Crippen molar-refractivity contribution in [1.29, 1.82) is 0 Å². The molecule has 1 aromatic carbocycles. The van der Waals surface area contributed by atoms with Gasteiger partial charge in [0.25, 0.3) is 0 Å². The number of unbranched alkanes of at least 4 members (excludes halogenated alkanes) is 1. The van der Waals surface area contributed by atoms with E-state index in [-0.39, 0.29) is 0 Å². The van der Waals surface area contributed by atoms with Gasteiger partial charge in [0.15, 0.2) is 0 Å². The molecule has 0 radical (unpaired) electrons. The SMILES string of the molecule is CCCCC(CC)C(Cc1ccccc1Cl)NCCC. The molecule has 2 unspecified atom stereocenters. The Morgan fingerprint density at radius 2 is 1.85 bits per heavy atom. The minimum atomic E-state index is 0.548. The summed E-state index contributed by atoms with van der Waals surface area (Å²) in [5.74, 6) is 0.748. The summed E-state index contributed by atoms with van der Waals surface area (Å²) < 4.78 is 0. The molecule has 2 atom stereocenters. The predicted molar refractivity (Wildman–Crippen MR) is 90.5 cm³/mol. The Kier molecular flexibility index (Phi) is 8.97. The van der Waals surface area contributed by atoms with Crippen LogP contribution in [-0.2, 0) is 6.42 Å². The molecule has 1 rings (SSSR count). The van der Waals surface area contributed by atoms with Gasteiger partial charge >= 0.3 is 0 Å². The van der Waals surface area contributed by atoms with Gasteiger partial charge in [-0.2, -0.15) is 0 Å². The van der Waals surface area contributed by atoms with E-state index in [1.807, 2.05) is 12.1 Å². The van der Waals surface area contributed by atoms with E-state index in [1.54, 1.807) is 0 Å². The second kappa shape index (κ2) is 10.2. The zero-order chi connectivity index (χ0) is 14.8. The molecular formula is C18H30ClN. The van der Waals surface area contributed by atoms with Crippen LogP contribution in [0.3, 0.4) is 0 Å². The number of nitrogens with one attached hydrogen (secondary N) is 1. The van der Waals surface area contributed by atoms with E-state index in [0.29, 0.717) is 6.04 Å². The molecular weight excluding hydrogens is 266 g/mol. The Balaban J connectivity index is 2.74. The zero-order valence-corrected chi connectivity index (χ0v) is 14.0. The van der Waals surface area contributed by atoms with Crippen molar-refractivity contribution >= 4 is 11.6 Å². The Morgan fingerprint density at radius 3 is 2.45 bits per heavy atom. The number of rotatable bonds is 10. The standard InChI is InChI=1S/C18H30ClN/c1-4-7-10-15(6-3)18(20-13-5-2)14-16-11-8-9-12-17(16)19/h8-9,11-12,15,18,20H,4-7,10,13-14H2,1-3H3. The average Bonchev–Trinajstić information content (AvgIpc) is 2.47. The van der Waals surface area contributed by atoms with Crippen molar-refractivity contribution in [2.45, 2.75) is 65.3 Å². The van der Waals surface area contributed by atoms with Crippen molar-refractivity contribution in [1.82, 2.24) is 5.32 Å². The van der Waals surface area contributed by atoms with Crippen LogP contribution in [0, 0.1) is 5.92 Å². The van der Waals surface area contributed by atoms with Gasteiger partial charge < -0.3 is 5.32 Å². The highest BCUT2D eigenvalue weighted by atomic mass is 35.5. The topological polar surface area (TPSA) is 12.0 Å². The van der Waals surface area contributed by atoms with Crippen LogP contribution >= 0.6 is 11.6 Å². The number of benzene rings is 1. The third kappa shape index (κ3) is 5.85. The number of halogens is 1. The van der Waals surface area contributed by atoms with E-state index in [0.717, 1.165) is 23.9 Å². The molecule has 2 heteroatoms. The fourth-order valence-electron chi connectivity index (χ4n) is 2.79. The average molecular weight is 296 g/mol. The van der Waals surface area contributed by atoms with Gasteiger partial charge in [-0.3, -0.25) is 0 Å². The lowest BCUT2D eigenvalue weighted by Crippen LogP contribution is -2.38. The molecule has 1 aromatic rings. The van der Waals surface area contributed by atoms with Gasteiger partial charge in [0, 0.05) is 11.1 Å². The molecule has 0 aliphatic rings. The van der Waals surface area contributed by atoms with Gasteiger partial charge in [-0.1, -0.05) is 69.8 Å². The molecule has 1 N–H and O–H groups in total. The molecule has 0 saturated heterocycles. The van der Waals surface area contributed by atoms with Crippen molar-refractivity contribution in [3.05, 3.63) is 34.9 Å². The van der Waals surface area contributed by atoms with E-state index in [1.165, 1.54) is 37.7 Å². The summed E-state index contributed by atoms with van der Waals surface area (Å²) in [6.07, 6.45) is 7.39. The lowest BCUT2D eigenvalue weighted by atomic mass is 9.87. The molecule has 0 fully saturated rings. The highest BCUT2D eigenvalue weighted by Crippen LogP contribution is 2.23. The summed E-state index contributed by atoms with van der Waals surface area (Å²) in [7, 11) is 0. The van der Waals surface area contributed by atoms with Gasteiger partial charge in [-0.05, 0) is 43.4 Å². The minimum Gasteiger partial charge on any atom is -0.313 e. The highest BCUT2D eigenvalue weighted by Gasteiger charge is 2.20. The lowest BCUT2D eigenvalue weighted by molar-refractivity contribution is 0.315. The summed E-state index contributed by atoms with van der Waals surface area (Å²) in [4.78, 5) is 0. The first kappa shape index (κ1) is 17.5. The predicted octanol–water partition coefficient (Wildman–Crippen LogP) is 5.47. The third-order valence-corrected chi connectivity index (χ3v) is 4.44. The number of hydrogen-bond acceptors (Lipinski definition) is 1. The summed E-state index contributed by atoms with van der Waals surface area (Å²) in [5.41, 5.74) is 1.28. The molecule has 0 bridgehead atoms. The Hall–Kier alpha value is -0.530. The monoisotopic (exact) mass is 295 g/mol. The Morgan fingerprint density at radius 1 is 1.10 bits per heavy atom. The van der Waals surface area contributed by atoms with Crippen molar-refractivity contribution in [3.63, 3.8) is 0 Å². The Bertz CT molecular complexity index is 364. The van der Waals surface area contributed by atoms with Crippen molar-refractivity contribution in [3.8, 4) is 0 Å². The van der Waals surface area contributed by atoms with E-state index in [9.17, 15) is 0 Å². The van der Waals surface area contributed by atoms with Crippen molar-refractivity contribution in [2.75, 3.05) is 6.54 Å². The van der Waals surface area contributed by atoms with Crippen molar-refractivity contribution < 1.29 is 0 Å². The maximum absolute atomic E-state index is 6.33. The first-order valence-electron chi connectivity index (χ1n) is 8.19. The summed E-state index contributed by atoms with van der Waals surface area (Å²) >= 11 is 6.33. The molecule has 0 saturated carbocycles. The quantitative estimate of drug-likeness (QED) is 0.604. The van der Waals surface area contributed by atoms with Gasteiger partial charge in [0.1, 0.15) is 0 Å². The second-order valence-corrected chi connectivity index (χ2v) is 6.07. The van der Waals surface area contributed by atoms with Crippen LogP contribution in [0.2, 0.25) is 5.02 Å². The Labute approximate surface area is 130 Å². The smallest absolute Gasteiger partial charge is 0.0438 e. The van der Waals surface area contributed by atoms with Crippen LogP contribution in [-0.4, -0.2) is 12.6 Å². The van der Waals surface area contributed by atoms with Crippen LogP contribution in [0.5, 0.6) is 0 Å². The van der Waals surface area contributed by atoms with Crippen LogP contribution in [0.1, 0.15) is 58.4 Å². The van der Waals surface area contributed by atoms with E-state index < -0.39 is 0 Å². The minimum absolute atomic E-state index is 0.548. The molecule has 0 amide bonds. The van der Waals surface area contributed by atoms with E-state index in [4.69, 9.17) is 11.6 Å². The first-order chi connectivity index (χ1) is 9.72. The van der Waals surface area contributed by atoms with Gasteiger partial charge in [-0.15, -0.1) is 0 Å². The molecule has 1 nitrogen and oxygen atoms in total. The molecule has 20 heavy (non-hydrogen) atoms. The maximum Gasteiger partial charge on any atom is 0.0438 e. The highest BCUT2D eigenvalue weighted by molar-refractivity contribution is 6.31. The first-order valence-corrected chi connectivity index (χ1v) is 8.57. The zero-order valence-electron chi connectivity index (χ0n) is 13.3. The van der Waals surface area contributed by atoms with Gasteiger partial charge in [-0.25, -0.2) is 0 Å². The summed E-state index contributed by atoms with van der Waals surface area (Å²) in [6.45, 7) is 7.91. The van der Waals surface area contributed by atoms with Crippen LogP contribution < -0.4 is 5.32 Å². The number of hydrogen-bond donors (Lipinski definition) is 1. The molecule has 0 spiro atoms.